The number of H-pyrrole nitrogens is 1. The number of nitrogens with one attached hydrogen (secondary N) is 2. The molecule has 1 aromatic carbocycles. The van der Waals surface area contributed by atoms with Crippen molar-refractivity contribution in [3.63, 3.8) is 0 Å². The molecule has 2 aromatic rings. The lowest BCUT2D eigenvalue weighted by Gasteiger charge is -2.40. The topological polar surface area (TPSA) is 81.3 Å². The SMILES string of the molecule is C=C(C)CN1C(=O)N[C@@](CC)(C2CCN(Cc3cn[nH]c3-c3ccc(F)cc3)CC2)C1=O. The van der Waals surface area contributed by atoms with Crippen LogP contribution in [0.4, 0.5) is 9.18 Å². The Morgan fingerprint density at radius 2 is 1.94 bits per heavy atom. The van der Waals surface area contributed by atoms with E-state index in [1.54, 1.807) is 12.1 Å². The van der Waals surface area contributed by atoms with Gasteiger partial charge < -0.3 is 5.32 Å². The van der Waals surface area contributed by atoms with E-state index in [-0.39, 0.29) is 30.2 Å². The van der Waals surface area contributed by atoms with Gasteiger partial charge in [0.1, 0.15) is 11.4 Å². The molecule has 8 heteroatoms. The summed E-state index contributed by atoms with van der Waals surface area (Å²) in [6.45, 7) is 10.3. The fraction of sp³-hybridized carbons (Fsp3) is 0.458. The van der Waals surface area contributed by atoms with Crippen LogP contribution in [0.5, 0.6) is 0 Å². The van der Waals surface area contributed by atoms with Crippen LogP contribution in [0.25, 0.3) is 11.3 Å². The summed E-state index contributed by atoms with van der Waals surface area (Å²) in [4.78, 5) is 29.4. The fourth-order valence-electron chi connectivity index (χ4n) is 4.99. The molecule has 2 saturated heterocycles. The second-order valence-electron chi connectivity index (χ2n) is 8.93. The van der Waals surface area contributed by atoms with Gasteiger partial charge in [0.25, 0.3) is 5.91 Å². The number of imide groups is 1. The van der Waals surface area contributed by atoms with Crippen LogP contribution >= 0.6 is 0 Å². The average molecular weight is 440 g/mol. The standard InChI is InChI=1S/C24H30FN5O2/c1-4-24(22(31)30(14-16(2)3)23(32)27-24)19-9-11-29(12-10-19)15-18-13-26-28-21(18)17-5-7-20(25)8-6-17/h5-8,13,19H,2,4,9-12,14-15H2,1,3H3,(H,26,28)(H,27,32)/t24-/m0/s1. The molecule has 0 unspecified atom stereocenters. The molecule has 4 rings (SSSR count). The third kappa shape index (κ3) is 4.07. The Morgan fingerprint density at radius 1 is 1.25 bits per heavy atom. The van der Waals surface area contributed by atoms with Gasteiger partial charge in [-0.15, -0.1) is 0 Å². The number of piperidine rings is 1. The summed E-state index contributed by atoms with van der Waals surface area (Å²) in [7, 11) is 0. The predicted octanol–water partition coefficient (Wildman–Crippen LogP) is 3.70. The van der Waals surface area contributed by atoms with Gasteiger partial charge in [0, 0.05) is 17.7 Å². The van der Waals surface area contributed by atoms with Gasteiger partial charge in [-0.25, -0.2) is 9.18 Å². The van der Waals surface area contributed by atoms with E-state index in [4.69, 9.17) is 0 Å². The smallest absolute Gasteiger partial charge is 0.323 e. The Balaban J connectivity index is 1.42. The number of benzene rings is 1. The summed E-state index contributed by atoms with van der Waals surface area (Å²) < 4.78 is 13.3. The van der Waals surface area contributed by atoms with Crippen molar-refractivity contribution in [3.8, 4) is 11.3 Å². The molecular formula is C24H30FN5O2. The van der Waals surface area contributed by atoms with Crippen molar-refractivity contribution in [1.82, 2.24) is 25.3 Å². The molecule has 3 heterocycles. The maximum absolute atomic E-state index is 13.3. The molecule has 3 amide bonds. The second-order valence-corrected chi connectivity index (χ2v) is 8.93. The normalized spacial score (nSPS) is 22.4. The molecule has 32 heavy (non-hydrogen) atoms. The Labute approximate surface area is 187 Å². The molecule has 2 aliphatic heterocycles. The van der Waals surface area contributed by atoms with Crippen molar-refractivity contribution in [3.05, 3.63) is 54.0 Å². The number of carbonyl (C=O) groups is 2. The summed E-state index contributed by atoms with van der Waals surface area (Å²) >= 11 is 0. The molecule has 7 nitrogen and oxygen atoms in total. The van der Waals surface area contributed by atoms with Crippen LogP contribution in [0.1, 0.15) is 38.7 Å². The van der Waals surface area contributed by atoms with Crippen molar-refractivity contribution in [2.75, 3.05) is 19.6 Å². The number of hydrogen-bond acceptors (Lipinski definition) is 4. The largest absolute Gasteiger partial charge is 0.325 e. The van der Waals surface area contributed by atoms with E-state index in [9.17, 15) is 14.0 Å². The molecule has 0 radical (unpaired) electrons. The predicted molar refractivity (Wildman–Crippen MR) is 120 cm³/mol. The highest BCUT2D eigenvalue weighted by atomic mass is 19.1. The zero-order chi connectivity index (χ0) is 22.9. The third-order valence-electron chi connectivity index (χ3n) is 6.72. The van der Waals surface area contributed by atoms with Crippen molar-refractivity contribution in [2.45, 2.75) is 45.2 Å². The van der Waals surface area contributed by atoms with Crippen LogP contribution in [-0.4, -0.2) is 57.1 Å². The van der Waals surface area contributed by atoms with Gasteiger partial charge in [0.05, 0.1) is 18.4 Å². The molecule has 2 aliphatic rings. The monoisotopic (exact) mass is 439 g/mol. The number of hydrogen-bond donors (Lipinski definition) is 2. The zero-order valence-corrected chi connectivity index (χ0v) is 18.7. The minimum atomic E-state index is -0.826. The first-order valence-corrected chi connectivity index (χ1v) is 11.1. The van der Waals surface area contributed by atoms with Crippen LogP contribution in [0.2, 0.25) is 0 Å². The lowest BCUT2D eigenvalue weighted by Crippen LogP contribution is -2.55. The van der Waals surface area contributed by atoms with E-state index in [1.807, 2.05) is 20.0 Å². The highest BCUT2D eigenvalue weighted by molar-refractivity contribution is 6.07. The Hall–Kier alpha value is -3.00. The summed E-state index contributed by atoms with van der Waals surface area (Å²) in [6.07, 6.45) is 4.04. The van der Waals surface area contributed by atoms with Crippen molar-refractivity contribution >= 4 is 11.9 Å². The number of amides is 3. The lowest BCUT2D eigenvalue weighted by molar-refractivity contribution is -0.134. The highest BCUT2D eigenvalue weighted by Crippen LogP contribution is 2.37. The fourth-order valence-corrected chi connectivity index (χ4v) is 4.99. The highest BCUT2D eigenvalue weighted by Gasteiger charge is 2.54. The molecule has 170 valence electrons. The van der Waals surface area contributed by atoms with Crippen LogP contribution in [0, 0.1) is 11.7 Å². The third-order valence-corrected chi connectivity index (χ3v) is 6.72. The van der Waals surface area contributed by atoms with Gasteiger partial charge in [-0.05, 0) is 69.5 Å². The summed E-state index contributed by atoms with van der Waals surface area (Å²) in [6, 6.07) is 6.06. The van der Waals surface area contributed by atoms with E-state index < -0.39 is 5.54 Å². The molecule has 0 bridgehead atoms. The van der Waals surface area contributed by atoms with Crippen LogP contribution in [-0.2, 0) is 11.3 Å². The average Bonchev–Trinajstić information content (AvgIpc) is 3.33. The first-order chi connectivity index (χ1) is 15.3. The van der Waals surface area contributed by atoms with Crippen LogP contribution in [0.3, 0.4) is 0 Å². The first kappa shape index (κ1) is 22.2. The minimum Gasteiger partial charge on any atom is -0.323 e. The molecular weight excluding hydrogens is 409 g/mol. The lowest BCUT2D eigenvalue weighted by atomic mass is 9.75. The molecule has 0 saturated carbocycles. The number of aromatic nitrogens is 2. The van der Waals surface area contributed by atoms with Gasteiger partial charge >= 0.3 is 6.03 Å². The number of rotatable bonds is 7. The van der Waals surface area contributed by atoms with Crippen molar-refractivity contribution in [1.29, 1.82) is 0 Å². The second kappa shape index (κ2) is 8.86. The molecule has 1 atom stereocenters. The van der Waals surface area contributed by atoms with Gasteiger partial charge in [0.2, 0.25) is 0 Å². The van der Waals surface area contributed by atoms with E-state index in [0.29, 0.717) is 6.42 Å². The maximum atomic E-state index is 13.3. The first-order valence-electron chi connectivity index (χ1n) is 11.1. The molecule has 2 fully saturated rings. The van der Waals surface area contributed by atoms with Gasteiger partial charge in [-0.2, -0.15) is 5.10 Å². The Bertz CT molecular complexity index is 1010. The Morgan fingerprint density at radius 3 is 2.56 bits per heavy atom. The maximum Gasteiger partial charge on any atom is 0.325 e. The number of nitrogens with zero attached hydrogens (tertiary/aromatic N) is 3. The molecule has 2 N–H and O–H groups in total. The zero-order valence-electron chi connectivity index (χ0n) is 18.7. The van der Waals surface area contributed by atoms with Gasteiger partial charge in [-0.3, -0.25) is 19.7 Å². The number of urea groups is 1. The number of carbonyl (C=O) groups excluding carboxylic acids is 2. The minimum absolute atomic E-state index is 0.0937. The van der Waals surface area contributed by atoms with E-state index >= 15 is 0 Å². The number of aromatic amines is 1. The van der Waals surface area contributed by atoms with E-state index in [0.717, 1.165) is 54.9 Å². The summed E-state index contributed by atoms with van der Waals surface area (Å²) in [5.74, 6) is -0.298. The van der Waals surface area contributed by atoms with Gasteiger partial charge in [-0.1, -0.05) is 19.1 Å². The van der Waals surface area contributed by atoms with E-state index in [2.05, 4.69) is 27.0 Å². The number of likely N-dealkylation sites (tertiary alicyclic amines) is 1. The summed E-state index contributed by atoms with van der Waals surface area (Å²) in [5, 5.41) is 10.2. The van der Waals surface area contributed by atoms with E-state index in [1.165, 1.54) is 17.0 Å². The Kier molecular flexibility index (Phi) is 6.15. The molecule has 0 spiro atoms. The molecule has 1 aromatic heterocycles. The quantitative estimate of drug-likeness (QED) is 0.509. The number of halogens is 1. The van der Waals surface area contributed by atoms with Crippen LogP contribution < -0.4 is 5.32 Å². The van der Waals surface area contributed by atoms with Crippen molar-refractivity contribution in [2.24, 2.45) is 5.92 Å². The summed E-state index contributed by atoms with van der Waals surface area (Å²) in [5.41, 5.74) is 2.81. The van der Waals surface area contributed by atoms with Crippen LogP contribution in [0.15, 0.2) is 42.6 Å². The van der Waals surface area contributed by atoms with Gasteiger partial charge in [0.15, 0.2) is 0 Å². The molecule has 0 aliphatic carbocycles. The van der Waals surface area contributed by atoms with Crippen molar-refractivity contribution < 1.29 is 14.0 Å².